The molecule has 0 saturated heterocycles. The van der Waals surface area contributed by atoms with Crippen LogP contribution in [0.25, 0.3) is 10.8 Å². The zero-order chi connectivity index (χ0) is 17.8. The zero-order valence-corrected chi connectivity index (χ0v) is 14.3. The van der Waals surface area contributed by atoms with Crippen molar-refractivity contribution in [3.8, 4) is 5.75 Å². The van der Waals surface area contributed by atoms with E-state index in [4.69, 9.17) is 4.74 Å². The highest BCUT2D eigenvalue weighted by molar-refractivity contribution is 5.85. The predicted octanol–water partition coefficient (Wildman–Crippen LogP) is 4.78. The van der Waals surface area contributed by atoms with Crippen LogP contribution < -0.4 is 10.1 Å². The van der Waals surface area contributed by atoms with Crippen LogP contribution in [0.15, 0.2) is 60.7 Å². The van der Waals surface area contributed by atoms with Gasteiger partial charge in [0.25, 0.3) is 0 Å². The number of ether oxygens (including phenoxy) is 1. The minimum Gasteiger partial charge on any atom is -0.497 e. The van der Waals surface area contributed by atoms with E-state index in [-0.39, 0.29) is 12.5 Å². The third-order valence-electron chi connectivity index (χ3n) is 4.25. The lowest BCUT2D eigenvalue weighted by molar-refractivity contribution is -0.137. The summed E-state index contributed by atoms with van der Waals surface area (Å²) in [5.74, 6) is -0.0282. The largest absolute Gasteiger partial charge is 0.497 e. The summed E-state index contributed by atoms with van der Waals surface area (Å²) >= 11 is 0. The first kappa shape index (κ1) is 16.8. The van der Waals surface area contributed by atoms with Crippen molar-refractivity contribution in [2.24, 2.45) is 0 Å². The maximum absolute atomic E-state index is 11.3. The van der Waals surface area contributed by atoms with Crippen molar-refractivity contribution in [3.63, 3.8) is 0 Å². The summed E-state index contributed by atoms with van der Waals surface area (Å²) in [6.07, 6.45) is 0.00946. The molecule has 0 heterocycles. The third kappa shape index (κ3) is 4.10. The first-order valence-electron chi connectivity index (χ1n) is 8.18. The highest BCUT2D eigenvalue weighted by atomic mass is 16.5. The standard InChI is InChI=1S/C21H21NO3/c1-14-3-8-18(9-4-14)22-20(13-21(23)24)17-6-5-16-12-19(25-2)10-7-15(16)11-17/h3-12,20,22H,13H2,1-2H3,(H,23,24). The number of carboxylic acid groups (broad SMARTS) is 1. The van der Waals surface area contributed by atoms with Gasteiger partial charge in [-0.3, -0.25) is 4.79 Å². The molecule has 0 saturated carbocycles. The van der Waals surface area contributed by atoms with Gasteiger partial charge in [-0.15, -0.1) is 0 Å². The van der Waals surface area contributed by atoms with Crippen LogP contribution in [0.5, 0.6) is 5.75 Å². The summed E-state index contributed by atoms with van der Waals surface area (Å²) in [7, 11) is 1.64. The molecule has 0 amide bonds. The number of methoxy groups -OCH3 is 1. The number of hydrogen-bond donors (Lipinski definition) is 2. The molecule has 4 heteroatoms. The number of carbonyl (C=O) groups is 1. The van der Waals surface area contributed by atoms with E-state index in [9.17, 15) is 9.90 Å². The van der Waals surface area contributed by atoms with E-state index in [0.717, 1.165) is 27.8 Å². The Kier molecular flexibility index (Phi) is 4.89. The van der Waals surface area contributed by atoms with Gasteiger partial charge in [-0.25, -0.2) is 0 Å². The van der Waals surface area contributed by atoms with Crippen LogP contribution in [-0.2, 0) is 4.79 Å². The fourth-order valence-corrected chi connectivity index (χ4v) is 2.86. The molecule has 0 aliphatic rings. The molecule has 0 bridgehead atoms. The van der Waals surface area contributed by atoms with Crippen LogP contribution in [0.3, 0.4) is 0 Å². The molecular weight excluding hydrogens is 314 g/mol. The van der Waals surface area contributed by atoms with E-state index in [1.165, 1.54) is 5.56 Å². The molecule has 4 nitrogen and oxygen atoms in total. The van der Waals surface area contributed by atoms with Crippen molar-refractivity contribution in [2.75, 3.05) is 12.4 Å². The molecule has 2 N–H and O–H groups in total. The Labute approximate surface area is 147 Å². The van der Waals surface area contributed by atoms with E-state index < -0.39 is 5.97 Å². The lowest BCUT2D eigenvalue weighted by Gasteiger charge is -2.19. The molecule has 1 atom stereocenters. The molecule has 0 aromatic heterocycles. The second kappa shape index (κ2) is 7.26. The van der Waals surface area contributed by atoms with Gasteiger partial charge < -0.3 is 15.2 Å². The maximum Gasteiger partial charge on any atom is 0.305 e. The van der Waals surface area contributed by atoms with Crippen molar-refractivity contribution in [1.82, 2.24) is 0 Å². The number of carboxylic acids is 1. The summed E-state index contributed by atoms with van der Waals surface area (Å²) in [5, 5.41) is 14.7. The predicted molar refractivity (Wildman–Crippen MR) is 100 cm³/mol. The molecule has 0 radical (unpaired) electrons. The molecule has 0 aliphatic heterocycles. The van der Waals surface area contributed by atoms with Crippen molar-refractivity contribution in [3.05, 3.63) is 71.8 Å². The normalized spacial score (nSPS) is 11.9. The van der Waals surface area contributed by atoms with Crippen LogP contribution in [-0.4, -0.2) is 18.2 Å². The summed E-state index contributed by atoms with van der Waals surface area (Å²) in [6.45, 7) is 2.02. The lowest BCUT2D eigenvalue weighted by Crippen LogP contribution is -2.15. The Balaban J connectivity index is 1.93. The van der Waals surface area contributed by atoms with Gasteiger partial charge in [0.1, 0.15) is 5.75 Å². The highest BCUT2D eigenvalue weighted by Gasteiger charge is 2.16. The Hall–Kier alpha value is -3.01. The average Bonchev–Trinajstić information content (AvgIpc) is 2.61. The minimum absolute atomic E-state index is 0.00946. The van der Waals surface area contributed by atoms with Crippen LogP contribution in [0, 0.1) is 6.92 Å². The summed E-state index contributed by atoms with van der Waals surface area (Å²) in [4.78, 5) is 11.3. The quantitative estimate of drug-likeness (QED) is 0.680. The molecule has 0 fully saturated rings. The number of aryl methyl sites for hydroxylation is 1. The van der Waals surface area contributed by atoms with Crippen molar-refractivity contribution >= 4 is 22.4 Å². The molecular formula is C21H21NO3. The Bertz CT molecular complexity index is 887. The Morgan fingerprint density at radius 1 is 1.04 bits per heavy atom. The van der Waals surface area contributed by atoms with Gasteiger partial charge in [0.15, 0.2) is 0 Å². The minimum atomic E-state index is -0.834. The van der Waals surface area contributed by atoms with Crippen LogP contribution in [0.1, 0.15) is 23.6 Å². The summed E-state index contributed by atoms with van der Waals surface area (Å²) in [5.41, 5.74) is 3.02. The zero-order valence-electron chi connectivity index (χ0n) is 14.3. The molecule has 25 heavy (non-hydrogen) atoms. The van der Waals surface area contributed by atoms with Gasteiger partial charge in [0.2, 0.25) is 0 Å². The smallest absolute Gasteiger partial charge is 0.305 e. The van der Waals surface area contributed by atoms with E-state index >= 15 is 0 Å². The fourth-order valence-electron chi connectivity index (χ4n) is 2.86. The summed E-state index contributed by atoms with van der Waals surface area (Å²) in [6, 6.07) is 19.5. The first-order chi connectivity index (χ1) is 12.0. The van der Waals surface area contributed by atoms with E-state index in [1.807, 2.05) is 67.6 Å². The average molecular weight is 335 g/mol. The number of rotatable bonds is 6. The fraction of sp³-hybridized carbons (Fsp3) is 0.190. The summed E-state index contributed by atoms with van der Waals surface area (Å²) < 4.78 is 5.25. The van der Waals surface area contributed by atoms with E-state index in [1.54, 1.807) is 7.11 Å². The van der Waals surface area contributed by atoms with Crippen molar-refractivity contribution in [1.29, 1.82) is 0 Å². The Morgan fingerprint density at radius 3 is 2.40 bits per heavy atom. The van der Waals surface area contributed by atoms with Gasteiger partial charge in [-0.2, -0.15) is 0 Å². The number of aliphatic carboxylic acids is 1. The number of anilines is 1. The maximum atomic E-state index is 11.3. The molecule has 128 valence electrons. The molecule has 1 unspecified atom stereocenters. The highest BCUT2D eigenvalue weighted by Crippen LogP contribution is 2.28. The number of hydrogen-bond acceptors (Lipinski definition) is 3. The van der Waals surface area contributed by atoms with Crippen LogP contribution >= 0.6 is 0 Å². The topological polar surface area (TPSA) is 58.6 Å². The molecule has 0 aliphatic carbocycles. The first-order valence-corrected chi connectivity index (χ1v) is 8.18. The number of benzene rings is 3. The van der Waals surface area contributed by atoms with Gasteiger partial charge >= 0.3 is 5.97 Å². The lowest BCUT2D eigenvalue weighted by atomic mass is 9.99. The third-order valence-corrected chi connectivity index (χ3v) is 4.25. The molecule has 3 rings (SSSR count). The second-order valence-corrected chi connectivity index (χ2v) is 6.13. The second-order valence-electron chi connectivity index (χ2n) is 6.13. The number of nitrogens with one attached hydrogen (secondary N) is 1. The Morgan fingerprint density at radius 2 is 1.72 bits per heavy atom. The van der Waals surface area contributed by atoms with Gasteiger partial charge in [0, 0.05) is 5.69 Å². The molecule has 3 aromatic carbocycles. The van der Waals surface area contributed by atoms with Crippen LogP contribution in [0.4, 0.5) is 5.69 Å². The monoisotopic (exact) mass is 335 g/mol. The van der Waals surface area contributed by atoms with Gasteiger partial charge in [-0.05, 0) is 53.6 Å². The van der Waals surface area contributed by atoms with E-state index in [2.05, 4.69) is 5.32 Å². The number of fused-ring (bicyclic) bond motifs is 1. The SMILES string of the molecule is COc1ccc2cc(C(CC(=O)O)Nc3ccc(C)cc3)ccc2c1. The van der Waals surface area contributed by atoms with Crippen molar-refractivity contribution in [2.45, 2.75) is 19.4 Å². The van der Waals surface area contributed by atoms with Gasteiger partial charge in [-0.1, -0.05) is 35.9 Å². The van der Waals surface area contributed by atoms with E-state index in [0.29, 0.717) is 0 Å². The van der Waals surface area contributed by atoms with Crippen molar-refractivity contribution < 1.29 is 14.6 Å². The van der Waals surface area contributed by atoms with Crippen LogP contribution in [0.2, 0.25) is 0 Å². The van der Waals surface area contributed by atoms with Gasteiger partial charge in [0.05, 0.1) is 19.6 Å². The molecule has 0 spiro atoms. The molecule has 3 aromatic rings.